The van der Waals surface area contributed by atoms with Crippen molar-refractivity contribution < 1.29 is 4.79 Å². The Labute approximate surface area is 120 Å². The molecule has 1 amide bonds. The summed E-state index contributed by atoms with van der Waals surface area (Å²) in [5.41, 5.74) is 1.28. The summed E-state index contributed by atoms with van der Waals surface area (Å²) in [5.74, 6) is 0.685. The Hall–Kier alpha value is -1.00. The first-order valence-corrected chi connectivity index (χ1v) is 7.77. The molecule has 0 aliphatic carbocycles. The number of nitrogens with zero attached hydrogens (tertiary/aromatic N) is 1. The number of benzene rings is 1. The molecule has 0 spiro atoms. The van der Waals surface area contributed by atoms with Gasteiger partial charge in [0.25, 0.3) is 0 Å². The lowest BCUT2D eigenvalue weighted by Crippen LogP contribution is -2.27. The van der Waals surface area contributed by atoms with E-state index in [0.717, 1.165) is 18.0 Å². The smallest absolute Gasteiger partial charge is 0.232 e. The zero-order valence-electron chi connectivity index (χ0n) is 12.3. The van der Waals surface area contributed by atoms with Crippen molar-refractivity contribution in [3.63, 3.8) is 0 Å². The Balaban J connectivity index is 2.50. The summed E-state index contributed by atoms with van der Waals surface area (Å²) in [7, 11) is 1.84. The third-order valence-corrected chi connectivity index (χ3v) is 4.15. The molecule has 1 unspecified atom stereocenters. The molecule has 1 aromatic carbocycles. The zero-order chi connectivity index (χ0) is 14.3. The first-order valence-electron chi connectivity index (χ1n) is 6.78. The third kappa shape index (κ3) is 5.25. The highest BCUT2D eigenvalue weighted by atomic mass is 32.2. The van der Waals surface area contributed by atoms with Crippen LogP contribution in [0.1, 0.15) is 32.4 Å². The van der Waals surface area contributed by atoms with E-state index < -0.39 is 0 Å². The van der Waals surface area contributed by atoms with Gasteiger partial charge in [-0.25, -0.2) is 0 Å². The highest BCUT2D eigenvalue weighted by Gasteiger charge is 2.08. The molecule has 0 heterocycles. The maximum absolute atomic E-state index is 11.7. The Morgan fingerprint density at radius 2 is 1.95 bits per heavy atom. The number of carbonyl (C=O) groups excluding carboxylic acids is 1. The number of nitrogens with one attached hydrogen (secondary N) is 1. The van der Waals surface area contributed by atoms with Crippen LogP contribution in [0, 0.1) is 0 Å². The second kappa shape index (κ2) is 8.23. The molecule has 1 atom stereocenters. The van der Waals surface area contributed by atoms with Gasteiger partial charge >= 0.3 is 0 Å². The SMILES string of the molecule is CCNC(C)c1ccc(SCC(=O)N(C)CC)cc1. The molecule has 0 saturated carbocycles. The number of carbonyl (C=O) groups is 1. The number of hydrogen-bond acceptors (Lipinski definition) is 3. The fraction of sp³-hybridized carbons (Fsp3) is 0.533. The van der Waals surface area contributed by atoms with Crippen molar-refractivity contribution in [3.8, 4) is 0 Å². The fourth-order valence-corrected chi connectivity index (χ4v) is 2.55. The average molecular weight is 280 g/mol. The Bertz CT molecular complexity index is 392. The number of rotatable bonds is 7. The molecule has 0 saturated heterocycles. The van der Waals surface area contributed by atoms with E-state index in [1.807, 2.05) is 14.0 Å². The molecule has 3 nitrogen and oxygen atoms in total. The maximum atomic E-state index is 11.7. The van der Waals surface area contributed by atoms with Gasteiger partial charge in [0.2, 0.25) is 5.91 Å². The summed E-state index contributed by atoms with van der Waals surface area (Å²) in [4.78, 5) is 14.6. The van der Waals surface area contributed by atoms with Crippen molar-refractivity contribution in [2.75, 3.05) is 25.9 Å². The highest BCUT2D eigenvalue weighted by Crippen LogP contribution is 2.21. The van der Waals surface area contributed by atoms with Gasteiger partial charge in [-0.3, -0.25) is 4.79 Å². The molecular formula is C15H24N2OS. The van der Waals surface area contributed by atoms with Crippen LogP contribution in [0.25, 0.3) is 0 Å². The summed E-state index contributed by atoms with van der Waals surface area (Å²) < 4.78 is 0. The van der Waals surface area contributed by atoms with Gasteiger partial charge in [-0.2, -0.15) is 0 Å². The molecule has 1 N–H and O–H groups in total. The monoisotopic (exact) mass is 280 g/mol. The molecule has 0 aliphatic rings. The van der Waals surface area contributed by atoms with E-state index in [2.05, 4.69) is 43.4 Å². The predicted octanol–water partition coefficient (Wildman–Crippen LogP) is 2.93. The predicted molar refractivity (Wildman–Crippen MR) is 82.6 cm³/mol. The van der Waals surface area contributed by atoms with E-state index in [1.165, 1.54) is 5.56 Å². The standard InChI is InChI=1S/C15H24N2OS/c1-5-16-12(3)13-7-9-14(10-8-13)19-11-15(18)17(4)6-2/h7-10,12,16H,5-6,11H2,1-4H3. The summed E-state index contributed by atoms with van der Waals surface area (Å²) >= 11 is 1.59. The summed E-state index contributed by atoms with van der Waals surface area (Å²) in [6, 6.07) is 8.81. The second-order valence-corrected chi connectivity index (χ2v) is 5.59. The quantitative estimate of drug-likeness (QED) is 0.779. The fourth-order valence-electron chi connectivity index (χ4n) is 1.71. The number of amides is 1. The van der Waals surface area contributed by atoms with Crippen LogP contribution in [0.2, 0.25) is 0 Å². The lowest BCUT2D eigenvalue weighted by Gasteiger charge is -2.15. The van der Waals surface area contributed by atoms with Crippen molar-refractivity contribution in [3.05, 3.63) is 29.8 Å². The van der Waals surface area contributed by atoms with Crippen LogP contribution >= 0.6 is 11.8 Å². The van der Waals surface area contributed by atoms with Crippen LogP contribution in [-0.4, -0.2) is 36.7 Å². The molecule has 0 aromatic heterocycles. The molecule has 1 rings (SSSR count). The Morgan fingerprint density at radius 1 is 1.32 bits per heavy atom. The van der Waals surface area contributed by atoms with E-state index >= 15 is 0 Å². The Morgan fingerprint density at radius 3 is 2.47 bits per heavy atom. The summed E-state index contributed by atoms with van der Waals surface area (Å²) in [5, 5.41) is 3.39. The number of hydrogen-bond donors (Lipinski definition) is 1. The summed E-state index contributed by atoms with van der Waals surface area (Å²) in [6.07, 6.45) is 0. The van der Waals surface area contributed by atoms with Gasteiger partial charge < -0.3 is 10.2 Å². The minimum Gasteiger partial charge on any atom is -0.345 e. The van der Waals surface area contributed by atoms with Crippen molar-refractivity contribution in [1.29, 1.82) is 0 Å². The molecule has 0 aliphatic heterocycles. The van der Waals surface area contributed by atoms with Gasteiger partial charge in [-0.15, -0.1) is 11.8 Å². The largest absolute Gasteiger partial charge is 0.345 e. The maximum Gasteiger partial charge on any atom is 0.232 e. The molecule has 19 heavy (non-hydrogen) atoms. The van der Waals surface area contributed by atoms with Gasteiger partial charge in [0, 0.05) is 24.5 Å². The first kappa shape index (κ1) is 16.1. The van der Waals surface area contributed by atoms with Crippen molar-refractivity contribution in [2.45, 2.75) is 31.7 Å². The molecule has 0 fully saturated rings. The number of thioether (sulfide) groups is 1. The van der Waals surface area contributed by atoms with Crippen LogP contribution in [-0.2, 0) is 4.79 Å². The van der Waals surface area contributed by atoms with E-state index in [4.69, 9.17) is 0 Å². The Kier molecular flexibility index (Phi) is 6.95. The highest BCUT2D eigenvalue weighted by molar-refractivity contribution is 8.00. The second-order valence-electron chi connectivity index (χ2n) is 4.54. The zero-order valence-corrected chi connectivity index (χ0v) is 13.1. The lowest BCUT2D eigenvalue weighted by molar-refractivity contribution is -0.126. The molecular weight excluding hydrogens is 256 g/mol. The van der Waals surface area contributed by atoms with Gasteiger partial charge in [0.1, 0.15) is 0 Å². The van der Waals surface area contributed by atoms with Gasteiger partial charge in [-0.05, 0) is 38.1 Å². The van der Waals surface area contributed by atoms with Gasteiger partial charge in [-0.1, -0.05) is 19.1 Å². The summed E-state index contributed by atoms with van der Waals surface area (Å²) in [6.45, 7) is 7.98. The molecule has 0 radical (unpaired) electrons. The third-order valence-electron chi connectivity index (χ3n) is 3.15. The molecule has 4 heteroatoms. The average Bonchev–Trinajstić information content (AvgIpc) is 2.44. The van der Waals surface area contributed by atoms with Crippen molar-refractivity contribution in [1.82, 2.24) is 10.2 Å². The van der Waals surface area contributed by atoms with Crippen molar-refractivity contribution in [2.24, 2.45) is 0 Å². The van der Waals surface area contributed by atoms with Crippen LogP contribution in [0.5, 0.6) is 0 Å². The van der Waals surface area contributed by atoms with E-state index in [1.54, 1.807) is 16.7 Å². The van der Waals surface area contributed by atoms with Crippen LogP contribution < -0.4 is 5.32 Å². The van der Waals surface area contributed by atoms with Gasteiger partial charge in [0.15, 0.2) is 0 Å². The molecule has 106 valence electrons. The van der Waals surface area contributed by atoms with Crippen LogP contribution in [0.15, 0.2) is 29.2 Å². The first-order chi connectivity index (χ1) is 9.08. The topological polar surface area (TPSA) is 32.3 Å². The molecule has 0 bridgehead atoms. The van der Waals surface area contributed by atoms with Crippen molar-refractivity contribution >= 4 is 17.7 Å². The van der Waals surface area contributed by atoms with E-state index in [0.29, 0.717) is 11.8 Å². The van der Waals surface area contributed by atoms with Crippen LogP contribution in [0.3, 0.4) is 0 Å². The van der Waals surface area contributed by atoms with Gasteiger partial charge in [0.05, 0.1) is 5.75 Å². The minimum absolute atomic E-state index is 0.178. The van der Waals surface area contributed by atoms with E-state index in [-0.39, 0.29) is 5.91 Å². The normalized spacial score (nSPS) is 12.2. The van der Waals surface area contributed by atoms with Crippen LogP contribution in [0.4, 0.5) is 0 Å². The minimum atomic E-state index is 0.178. The van der Waals surface area contributed by atoms with E-state index in [9.17, 15) is 4.79 Å². The molecule has 1 aromatic rings. The lowest BCUT2D eigenvalue weighted by atomic mass is 10.1.